The zero-order valence-corrected chi connectivity index (χ0v) is 19.3. The van der Waals surface area contributed by atoms with Crippen molar-refractivity contribution < 1.29 is 22.8 Å². The Kier molecular flexibility index (Phi) is 11.3. The molecule has 176 valence electrons. The standard InChI is InChI=1S/C20H21F3N4O2S.2ClH/c21-15-10-17(23)16(22)8-13(15)7-14(24)9-18(28)27-5-6-30-20(27)19(29)26-11-12-1-3-25-4-2-12;;/h1-4,8,10,14,20H,5-7,9,11,24H2,(H,26,29);2*1H/t14-,20?;;/m1../s1. The van der Waals surface area contributed by atoms with Crippen LogP contribution in [-0.4, -0.2) is 45.4 Å². The number of benzene rings is 1. The Morgan fingerprint density at radius 1 is 1.16 bits per heavy atom. The smallest absolute Gasteiger partial charge is 0.253 e. The number of nitrogens with two attached hydrogens (primary N) is 1. The molecule has 3 rings (SSSR count). The lowest BCUT2D eigenvalue weighted by atomic mass is 10.0. The maximum absolute atomic E-state index is 13.8. The van der Waals surface area contributed by atoms with E-state index in [2.05, 4.69) is 10.3 Å². The van der Waals surface area contributed by atoms with Crippen LogP contribution in [0.25, 0.3) is 0 Å². The van der Waals surface area contributed by atoms with Gasteiger partial charge in [-0.15, -0.1) is 36.6 Å². The Morgan fingerprint density at radius 3 is 2.50 bits per heavy atom. The van der Waals surface area contributed by atoms with Crippen molar-refractivity contribution in [1.82, 2.24) is 15.2 Å². The van der Waals surface area contributed by atoms with E-state index in [9.17, 15) is 22.8 Å². The number of rotatable bonds is 7. The zero-order chi connectivity index (χ0) is 21.7. The summed E-state index contributed by atoms with van der Waals surface area (Å²) in [6.07, 6.45) is 2.97. The summed E-state index contributed by atoms with van der Waals surface area (Å²) in [6, 6.07) is 3.96. The molecule has 0 bridgehead atoms. The molecule has 1 aromatic heterocycles. The van der Waals surface area contributed by atoms with E-state index in [1.165, 1.54) is 16.7 Å². The number of nitrogens with one attached hydrogen (secondary N) is 1. The molecular weight excluding hydrogens is 488 g/mol. The lowest BCUT2D eigenvalue weighted by Crippen LogP contribution is -2.46. The Morgan fingerprint density at radius 2 is 1.81 bits per heavy atom. The normalized spacial score (nSPS) is 16.0. The van der Waals surface area contributed by atoms with Crippen molar-refractivity contribution in [2.75, 3.05) is 12.3 Å². The number of halogens is 5. The molecule has 6 nitrogen and oxygen atoms in total. The molecule has 0 saturated carbocycles. The van der Waals surface area contributed by atoms with Crippen molar-refractivity contribution in [3.05, 3.63) is 65.2 Å². The first-order chi connectivity index (χ1) is 14.3. The minimum atomic E-state index is -1.28. The van der Waals surface area contributed by atoms with Gasteiger partial charge in [0.1, 0.15) is 5.82 Å². The lowest BCUT2D eigenvalue weighted by molar-refractivity contribution is -0.136. The summed E-state index contributed by atoms with van der Waals surface area (Å²) >= 11 is 1.35. The van der Waals surface area contributed by atoms with Crippen molar-refractivity contribution in [2.24, 2.45) is 5.73 Å². The summed E-state index contributed by atoms with van der Waals surface area (Å²) in [5, 5.41) is 2.12. The monoisotopic (exact) mass is 510 g/mol. The van der Waals surface area contributed by atoms with Gasteiger partial charge in [-0.1, -0.05) is 0 Å². The molecule has 2 atom stereocenters. The lowest BCUT2D eigenvalue weighted by Gasteiger charge is -2.24. The molecule has 2 heterocycles. The van der Waals surface area contributed by atoms with E-state index in [0.29, 0.717) is 24.9 Å². The quantitative estimate of drug-likeness (QED) is 0.559. The Bertz CT molecular complexity index is 927. The second-order valence-electron chi connectivity index (χ2n) is 6.91. The van der Waals surface area contributed by atoms with Crippen molar-refractivity contribution in [3.63, 3.8) is 0 Å². The molecule has 0 aliphatic carbocycles. The van der Waals surface area contributed by atoms with Crippen molar-refractivity contribution in [1.29, 1.82) is 0 Å². The fourth-order valence-electron chi connectivity index (χ4n) is 3.14. The number of aromatic nitrogens is 1. The van der Waals surface area contributed by atoms with Crippen molar-refractivity contribution in [2.45, 2.75) is 30.8 Å². The van der Waals surface area contributed by atoms with Crippen LogP contribution in [0.1, 0.15) is 17.5 Å². The Balaban J connectivity index is 0.00000256. The molecule has 3 N–H and O–H groups in total. The van der Waals surface area contributed by atoms with Crippen molar-refractivity contribution >= 4 is 48.4 Å². The van der Waals surface area contributed by atoms with Gasteiger partial charge >= 0.3 is 0 Å². The van der Waals surface area contributed by atoms with Crippen LogP contribution in [-0.2, 0) is 22.6 Å². The van der Waals surface area contributed by atoms with Gasteiger partial charge in [-0.25, -0.2) is 13.2 Å². The van der Waals surface area contributed by atoms with Gasteiger partial charge in [-0.2, -0.15) is 0 Å². The van der Waals surface area contributed by atoms with Gasteiger partial charge in [0.05, 0.1) is 0 Å². The molecule has 0 radical (unpaired) electrons. The van der Waals surface area contributed by atoms with E-state index in [4.69, 9.17) is 5.73 Å². The predicted molar refractivity (Wildman–Crippen MR) is 121 cm³/mol. The average Bonchev–Trinajstić information content (AvgIpc) is 3.21. The second kappa shape index (κ2) is 12.9. The van der Waals surface area contributed by atoms with Crippen LogP contribution in [0, 0.1) is 17.5 Å². The van der Waals surface area contributed by atoms with Gasteiger partial charge in [-0.3, -0.25) is 14.6 Å². The van der Waals surface area contributed by atoms with E-state index in [1.807, 2.05) is 0 Å². The summed E-state index contributed by atoms with van der Waals surface area (Å²) in [7, 11) is 0. The SMILES string of the molecule is Cl.Cl.N[C@@H](CC(=O)N1CCSC1C(=O)NCc1ccncc1)Cc1cc(F)c(F)cc1F. The van der Waals surface area contributed by atoms with Crippen LogP contribution >= 0.6 is 36.6 Å². The Hall–Kier alpha value is -2.01. The average molecular weight is 511 g/mol. The van der Waals surface area contributed by atoms with Crippen LogP contribution in [0.2, 0.25) is 0 Å². The van der Waals surface area contributed by atoms with Crippen LogP contribution in [0.5, 0.6) is 0 Å². The number of hydrogen-bond donors (Lipinski definition) is 2. The third-order valence-electron chi connectivity index (χ3n) is 4.66. The molecule has 2 aromatic rings. The number of carbonyl (C=O) groups is 2. The van der Waals surface area contributed by atoms with Crippen LogP contribution in [0.15, 0.2) is 36.7 Å². The van der Waals surface area contributed by atoms with Gasteiger partial charge in [0, 0.05) is 49.8 Å². The van der Waals surface area contributed by atoms with Crippen LogP contribution in [0.3, 0.4) is 0 Å². The highest BCUT2D eigenvalue weighted by Crippen LogP contribution is 2.25. The summed E-state index contributed by atoms with van der Waals surface area (Å²) in [6.45, 7) is 0.707. The fourth-order valence-corrected chi connectivity index (χ4v) is 4.30. The largest absolute Gasteiger partial charge is 0.349 e. The molecule has 1 unspecified atom stereocenters. The Labute approximate surface area is 200 Å². The van der Waals surface area contributed by atoms with E-state index >= 15 is 0 Å². The molecule has 2 amide bonds. The van der Waals surface area contributed by atoms with E-state index in [-0.39, 0.29) is 55.0 Å². The number of pyridine rings is 1. The van der Waals surface area contributed by atoms with Gasteiger partial charge in [0.15, 0.2) is 17.0 Å². The van der Waals surface area contributed by atoms with Crippen molar-refractivity contribution in [3.8, 4) is 0 Å². The van der Waals surface area contributed by atoms with E-state index < -0.39 is 28.9 Å². The highest BCUT2D eigenvalue weighted by atomic mass is 35.5. The maximum Gasteiger partial charge on any atom is 0.253 e. The molecule has 1 fully saturated rings. The van der Waals surface area contributed by atoms with Gasteiger partial charge in [0.2, 0.25) is 5.91 Å². The maximum atomic E-state index is 13.8. The van der Waals surface area contributed by atoms with Gasteiger partial charge in [-0.05, 0) is 35.7 Å². The number of amides is 2. The first-order valence-electron chi connectivity index (χ1n) is 9.32. The van der Waals surface area contributed by atoms with Crippen LogP contribution < -0.4 is 11.1 Å². The number of nitrogens with zero attached hydrogens (tertiary/aromatic N) is 2. The highest BCUT2D eigenvalue weighted by Gasteiger charge is 2.35. The molecule has 1 aromatic carbocycles. The van der Waals surface area contributed by atoms with Gasteiger partial charge < -0.3 is 16.0 Å². The first kappa shape index (κ1) is 28.0. The van der Waals surface area contributed by atoms with E-state index in [0.717, 1.165) is 11.6 Å². The minimum absolute atomic E-state index is 0. The number of thioether (sulfide) groups is 1. The molecule has 1 aliphatic heterocycles. The third-order valence-corrected chi connectivity index (χ3v) is 5.86. The molecule has 32 heavy (non-hydrogen) atoms. The first-order valence-corrected chi connectivity index (χ1v) is 10.4. The predicted octanol–water partition coefficient (Wildman–Crippen LogP) is 2.82. The fraction of sp³-hybridized carbons (Fsp3) is 0.350. The molecule has 12 heteroatoms. The highest BCUT2D eigenvalue weighted by molar-refractivity contribution is 8.00. The topological polar surface area (TPSA) is 88.3 Å². The molecule has 1 aliphatic rings. The summed E-state index contributed by atoms with van der Waals surface area (Å²) in [4.78, 5) is 30.5. The molecule has 1 saturated heterocycles. The molecule has 0 spiro atoms. The van der Waals surface area contributed by atoms with E-state index in [1.54, 1.807) is 24.5 Å². The second-order valence-corrected chi connectivity index (χ2v) is 8.10. The number of hydrogen-bond acceptors (Lipinski definition) is 5. The summed E-state index contributed by atoms with van der Waals surface area (Å²) < 4.78 is 40.2. The van der Waals surface area contributed by atoms with Crippen LogP contribution in [0.4, 0.5) is 13.2 Å². The summed E-state index contributed by atoms with van der Waals surface area (Å²) in [5.74, 6) is -3.40. The molecular formula is C20H23Cl2F3N4O2S. The van der Waals surface area contributed by atoms with Gasteiger partial charge in [0.25, 0.3) is 5.91 Å². The number of carbonyl (C=O) groups excluding carboxylic acids is 2. The third kappa shape index (κ3) is 7.26. The summed E-state index contributed by atoms with van der Waals surface area (Å²) in [5.41, 5.74) is 6.73. The zero-order valence-electron chi connectivity index (χ0n) is 16.8. The minimum Gasteiger partial charge on any atom is -0.349 e.